The highest BCUT2D eigenvalue weighted by Crippen LogP contribution is 2.31. The first-order chi connectivity index (χ1) is 10.1. The Morgan fingerprint density at radius 2 is 1.77 bits per heavy atom. The van der Waals surface area contributed by atoms with E-state index in [1.54, 1.807) is 0 Å². The van der Waals surface area contributed by atoms with Gasteiger partial charge in [0.05, 0.1) is 6.04 Å². The van der Waals surface area contributed by atoms with Crippen LogP contribution in [0.2, 0.25) is 0 Å². The zero-order chi connectivity index (χ0) is 17.3. The summed E-state index contributed by atoms with van der Waals surface area (Å²) in [6, 6.07) is -2.40. The summed E-state index contributed by atoms with van der Waals surface area (Å²) < 4.78 is 39.3. The van der Waals surface area contributed by atoms with Crippen LogP contribution in [0.3, 0.4) is 0 Å². The van der Waals surface area contributed by atoms with Crippen molar-refractivity contribution in [1.82, 2.24) is 4.90 Å². The maximum Gasteiger partial charge on any atom is 0.404 e. The minimum absolute atomic E-state index is 0.0783. The van der Waals surface area contributed by atoms with Gasteiger partial charge in [-0.3, -0.25) is 14.5 Å². The molecule has 0 spiro atoms. The average molecular weight is 360 g/mol. The fourth-order valence-corrected chi connectivity index (χ4v) is 3.90. The molecule has 0 saturated heterocycles. The molecule has 0 aromatic rings. The van der Waals surface area contributed by atoms with E-state index in [1.165, 1.54) is 42.5 Å². The highest BCUT2D eigenvalue weighted by atomic mass is 33.1. The molecule has 4 nitrogen and oxygen atoms in total. The molecule has 0 aromatic heterocycles. The van der Waals surface area contributed by atoms with E-state index < -0.39 is 18.3 Å². The minimum Gasteiger partial charge on any atom is -0.370 e. The maximum atomic E-state index is 13.1. The smallest absolute Gasteiger partial charge is 0.370 e. The van der Waals surface area contributed by atoms with Crippen molar-refractivity contribution >= 4 is 33.3 Å². The van der Waals surface area contributed by atoms with Crippen LogP contribution >= 0.6 is 21.6 Å². The number of carbonyl (C=O) groups is 2. The Balaban J connectivity index is 4.23. The lowest BCUT2D eigenvalue weighted by Gasteiger charge is -2.33. The Labute approximate surface area is 137 Å². The molecule has 0 heterocycles. The number of Topliss-reactive ketones (excluding diaryl/α,β-unsaturated/α-hetero) is 1. The number of hydrogen-bond donors (Lipinski definition) is 1. The van der Waals surface area contributed by atoms with Gasteiger partial charge in [0, 0.05) is 17.9 Å². The molecule has 2 N–H and O–H groups in total. The first kappa shape index (κ1) is 21.6. The number of rotatable bonds is 11. The maximum absolute atomic E-state index is 13.1. The first-order valence-electron chi connectivity index (χ1n) is 6.89. The lowest BCUT2D eigenvalue weighted by molar-refractivity contribution is -0.185. The highest BCUT2D eigenvalue weighted by Gasteiger charge is 2.43. The van der Waals surface area contributed by atoms with Crippen LogP contribution in [0, 0.1) is 0 Å². The van der Waals surface area contributed by atoms with Crippen LogP contribution in [-0.2, 0) is 9.59 Å². The molecule has 1 unspecified atom stereocenters. The van der Waals surface area contributed by atoms with Crippen LogP contribution in [0.4, 0.5) is 13.2 Å². The lowest BCUT2D eigenvalue weighted by Crippen LogP contribution is -2.50. The van der Waals surface area contributed by atoms with Crippen LogP contribution in [-0.4, -0.2) is 53.4 Å². The number of amides is 1. The number of likely N-dealkylation sites (N-methyl/N-ethyl adjacent to an activating group) is 1. The van der Waals surface area contributed by atoms with Gasteiger partial charge in [-0.15, -0.1) is 0 Å². The summed E-state index contributed by atoms with van der Waals surface area (Å²) in [7, 11) is 4.10. The Morgan fingerprint density at radius 3 is 2.23 bits per heavy atom. The van der Waals surface area contributed by atoms with Gasteiger partial charge in [0.2, 0.25) is 5.91 Å². The van der Waals surface area contributed by atoms with E-state index in [-0.39, 0.29) is 24.5 Å². The van der Waals surface area contributed by atoms with Crippen molar-refractivity contribution < 1.29 is 22.8 Å². The Morgan fingerprint density at radius 1 is 1.23 bits per heavy atom. The van der Waals surface area contributed by atoms with Gasteiger partial charge >= 0.3 is 6.18 Å². The molecule has 0 aliphatic carbocycles. The number of alkyl halides is 3. The number of primary amides is 1. The molecule has 22 heavy (non-hydrogen) atoms. The van der Waals surface area contributed by atoms with Crippen molar-refractivity contribution in [3.8, 4) is 0 Å². The Bertz CT molecular complexity index is 368. The van der Waals surface area contributed by atoms with E-state index in [2.05, 4.69) is 0 Å². The molecule has 0 aliphatic rings. The lowest BCUT2D eigenvalue weighted by atomic mass is 10.1. The summed E-state index contributed by atoms with van der Waals surface area (Å²) in [6.45, 7) is 2.77. The second-order valence-corrected chi connectivity index (χ2v) is 7.71. The molecule has 2 atom stereocenters. The number of hydrogen-bond acceptors (Lipinski definition) is 5. The summed E-state index contributed by atoms with van der Waals surface area (Å²) in [5, 5.41) is 0. The average Bonchev–Trinajstić information content (AvgIpc) is 2.38. The molecular weight excluding hydrogens is 337 g/mol. The summed E-state index contributed by atoms with van der Waals surface area (Å²) in [6.07, 6.45) is -3.53. The quantitative estimate of drug-likeness (QED) is 0.453. The summed E-state index contributed by atoms with van der Waals surface area (Å²) >= 11 is 0. The van der Waals surface area contributed by atoms with E-state index >= 15 is 0 Å². The van der Waals surface area contributed by atoms with Gasteiger partial charge < -0.3 is 5.73 Å². The van der Waals surface area contributed by atoms with Crippen molar-refractivity contribution in [3.63, 3.8) is 0 Å². The second kappa shape index (κ2) is 10.4. The van der Waals surface area contributed by atoms with Crippen LogP contribution in [0.1, 0.15) is 33.1 Å². The topological polar surface area (TPSA) is 63.4 Å². The van der Waals surface area contributed by atoms with Gasteiger partial charge in [-0.2, -0.15) is 13.2 Å². The van der Waals surface area contributed by atoms with Crippen LogP contribution in [0.5, 0.6) is 0 Å². The van der Waals surface area contributed by atoms with Crippen LogP contribution < -0.4 is 5.73 Å². The summed E-state index contributed by atoms with van der Waals surface area (Å²) in [5.41, 5.74) is 4.99. The molecular formula is C13H23F3N2O2S2. The molecule has 9 heteroatoms. The van der Waals surface area contributed by atoms with Crippen LogP contribution in [0.15, 0.2) is 0 Å². The first-order valence-corrected chi connectivity index (χ1v) is 9.38. The molecule has 0 saturated carbocycles. The van der Waals surface area contributed by atoms with E-state index in [0.717, 1.165) is 4.90 Å². The molecule has 1 amide bonds. The van der Waals surface area contributed by atoms with Gasteiger partial charge in [0.25, 0.3) is 0 Å². The third kappa shape index (κ3) is 8.89. The standard InChI is InChI=1S/C13H23F3N2O2S2/c1-9(10(2)19)18(3)11(13(14,15)16)6-8-22-21-7-4-5-12(17)20/h9,11H,4-8H2,1-3H3,(H2,17,20)/t9-,11?/m0/s1. The highest BCUT2D eigenvalue weighted by molar-refractivity contribution is 8.76. The van der Waals surface area contributed by atoms with Crippen molar-refractivity contribution in [2.75, 3.05) is 18.6 Å². The molecule has 0 fully saturated rings. The van der Waals surface area contributed by atoms with Crippen molar-refractivity contribution in [2.24, 2.45) is 5.73 Å². The minimum atomic E-state index is -4.37. The van der Waals surface area contributed by atoms with Crippen molar-refractivity contribution in [1.29, 1.82) is 0 Å². The monoisotopic (exact) mass is 360 g/mol. The summed E-state index contributed by atoms with van der Waals surface area (Å²) in [5.74, 6) is 0.331. The molecule has 0 aliphatic heterocycles. The summed E-state index contributed by atoms with van der Waals surface area (Å²) in [4.78, 5) is 22.9. The van der Waals surface area contributed by atoms with E-state index in [0.29, 0.717) is 17.9 Å². The zero-order valence-corrected chi connectivity index (χ0v) is 14.6. The zero-order valence-electron chi connectivity index (χ0n) is 13.0. The molecule has 0 aromatic carbocycles. The van der Waals surface area contributed by atoms with Gasteiger partial charge in [0.15, 0.2) is 0 Å². The number of nitrogens with two attached hydrogens (primary N) is 1. The largest absolute Gasteiger partial charge is 0.404 e. The SMILES string of the molecule is CC(=O)[C@H](C)N(C)C(CCSSCCCC(N)=O)C(F)(F)F. The molecule has 130 valence electrons. The van der Waals surface area contributed by atoms with E-state index in [4.69, 9.17) is 5.73 Å². The van der Waals surface area contributed by atoms with Gasteiger partial charge in [-0.05, 0) is 33.7 Å². The van der Waals surface area contributed by atoms with Gasteiger partial charge in [-0.1, -0.05) is 21.6 Å². The molecule has 0 radical (unpaired) electrons. The Hall–Kier alpha value is -0.410. The number of nitrogens with zero attached hydrogens (tertiary/aromatic N) is 1. The predicted molar refractivity (Wildman–Crippen MR) is 85.7 cm³/mol. The molecule has 0 rings (SSSR count). The van der Waals surface area contributed by atoms with Crippen molar-refractivity contribution in [3.05, 3.63) is 0 Å². The number of ketones is 1. The Kier molecular flexibility index (Phi) is 10.2. The second-order valence-electron chi connectivity index (χ2n) is 5.01. The molecule has 0 bridgehead atoms. The number of carbonyl (C=O) groups excluding carboxylic acids is 2. The van der Waals surface area contributed by atoms with Gasteiger partial charge in [0.1, 0.15) is 11.8 Å². The van der Waals surface area contributed by atoms with E-state index in [9.17, 15) is 22.8 Å². The van der Waals surface area contributed by atoms with Crippen LogP contribution in [0.25, 0.3) is 0 Å². The normalized spacial score (nSPS) is 14.9. The fraction of sp³-hybridized carbons (Fsp3) is 0.846. The third-order valence-electron chi connectivity index (χ3n) is 3.28. The van der Waals surface area contributed by atoms with Crippen molar-refractivity contribution in [2.45, 2.75) is 51.4 Å². The fourth-order valence-electron chi connectivity index (χ4n) is 1.74. The predicted octanol–water partition coefficient (Wildman–Crippen LogP) is 2.86. The number of halogens is 3. The van der Waals surface area contributed by atoms with Gasteiger partial charge in [-0.25, -0.2) is 0 Å². The van der Waals surface area contributed by atoms with E-state index in [1.807, 2.05) is 0 Å². The third-order valence-corrected chi connectivity index (χ3v) is 5.80.